The summed E-state index contributed by atoms with van der Waals surface area (Å²) in [7, 11) is 0. The minimum absolute atomic E-state index is 0.242. The molecule has 2 aliphatic carbocycles. The summed E-state index contributed by atoms with van der Waals surface area (Å²) in [5.74, 6) is 2.16. The highest BCUT2D eigenvalue weighted by molar-refractivity contribution is 6.16. The molecule has 0 fully saturated rings. The summed E-state index contributed by atoms with van der Waals surface area (Å²) in [6.07, 6.45) is 16.4. The lowest BCUT2D eigenvalue weighted by atomic mass is 9.90. The van der Waals surface area contributed by atoms with Crippen LogP contribution in [0.15, 0.2) is 143 Å². The number of benzene rings is 3. The fourth-order valence-corrected chi connectivity index (χ4v) is 5.87. The molecule has 37 heavy (non-hydrogen) atoms. The van der Waals surface area contributed by atoms with E-state index >= 15 is 0 Å². The first-order valence-corrected chi connectivity index (χ1v) is 13.0. The molecule has 3 aromatic rings. The van der Waals surface area contributed by atoms with Crippen LogP contribution >= 0.6 is 0 Å². The molecule has 7 rings (SSSR count). The minimum atomic E-state index is -0.277. The number of hydrogen-bond acceptors (Lipinski definition) is 4. The highest BCUT2D eigenvalue weighted by atomic mass is 15.2. The van der Waals surface area contributed by atoms with Gasteiger partial charge in [-0.3, -0.25) is 0 Å². The van der Waals surface area contributed by atoms with Gasteiger partial charge in [-0.15, -0.1) is 0 Å². The summed E-state index contributed by atoms with van der Waals surface area (Å²) < 4.78 is 0. The highest BCUT2D eigenvalue weighted by Crippen LogP contribution is 2.46. The van der Waals surface area contributed by atoms with Gasteiger partial charge in [-0.25, -0.2) is 9.98 Å². The van der Waals surface area contributed by atoms with E-state index in [0.29, 0.717) is 12.0 Å². The lowest BCUT2D eigenvalue weighted by Gasteiger charge is -2.36. The Bertz CT molecular complexity index is 1490. The lowest BCUT2D eigenvalue weighted by Crippen LogP contribution is -2.43. The largest absolute Gasteiger partial charge is 0.357 e. The fourth-order valence-electron chi connectivity index (χ4n) is 5.87. The van der Waals surface area contributed by atoms with Crippen LogP contribution in [0, 0.1) is 0 Å². The topological polar surface area (TPSA) is 40.0 Å². The molecule has 4 heteroatoms. The van der Waals surface area contributed by atoms with Crippen molar-refractivity contribution in [1.82, 2.24) is 5.32 Å². The van der Waals surface area contributed by atoms with Crippen molar-refractivity contribution in [2.24, 2.45) is 9.98 Å². The lowest BCUT2D eigenvalue weighted by molar-refractivity contribution is 0.608. The van der Waals surface area contributed by atoms with Crippen LogP contribution in [0.1, 0.15) is 35.2 Å². The molecule has 180 valence electrons. The van der Waals surface area contributed by atoms with Crippen LogP contribution in [-0.4, -0.2) is 23.8 Å². The van der Waals surface area contributed by atoms with Gasteiger partial charge in [0.2, 0.25) is 0 Å². The van der Waals surface area contributed by atoms with Crippen LogP contribution in [0.2, 0.25) is 0 Å². The number of hydrogen-bond donors (Lipinski definition) is 1. The van der Waals surface area contributed by atoms with Crippen molar-refractivity contribution in [2.45, 2.75) is 30.6 Å². The number of rotatable bonds is 4. The zero-order valence-electron chi connectivity index (χ0n) is 20.5. The molecule has 0 radical (unpaired) electrons. The third-order valence-electron chi connectivity index (χ3n) is 7.61. The second-order valence-electron chi connectivity index (χ2n) is 9.83. The molecule has 0 spiro atoms. The number of nitrogens with zero attached hydrogens (tertiary/aromatic N) is 3. The molecule has 2 heterocycles. The van der Waals surface area contributed by atoms with Crippen molar-refractivity contribution in [1.29, 1.82) is 0 Å². The number of nitrogens with one attached hydrogen (secondary N) is 1. The van der Waals surface area contributed by atoms with E-state index in [4.69, 9.17) is 9.98 Å². The Morgan fingerprint density at radius 3 is 2.30 bits per heavy atom. The Morgan fingerprint density at radius 1 is 0.703 bits per heavy atom. The molecule has 4 atom stereocenters. The number of fused-ring (bicyclic) bond motifs is 3. The van der Waals surface area contributed by atoms with E-state index in [-0.39, 0.29) is 12.2 Å². The van der Waals surface area contributed by atoms with Crippen LogP contribution in [0.3, 0.4) is 0 Å². The highest BCUT2D eigenvalue weighted by Gasteiger charge is 2.40. The Balaban J connectivity index is 1.22. The van der Waals surface area contributed by atoms with Crippen molar-refractivity contribution in [3.63, 3.8) is 0 Å². The summed E-state index contributed by atoms with van der Waals surface area (Å²) in [5, 5.41) is 3.58. The van der Waals surface area contributed by atoms with Crippen LogP contribution in [0.4, 0.5) is 5.69 Å². The van der Waals surface area contributed by atoms with Gasteiger partial charge in [-0.2, -0.15) is 0 Å². The van der Waals surface area contributed by atoms with E-state index < -0.39 is 0 Å². The van der Waals surface area contributed by atoms with Crippen LogP contribution in [-0.2, 0) is 0 Å². The summed E-state index contributed by atoms with van der Waals surface area (Å²) in [6, 6.07) is 30.1. The zero-order valence-corrected chi connectivity index (χ0v) is 20.5. The molecule has 0 bridgehead atoms. The monoisotopic (exact) mass is 480 g/mol. The van der Waals surface area contributed by atoms with Gasteiger partial charge >= 0.3 is 0 Å². The van der Waals surface area contributed by atoms with E-state index in [1.165, 1.54) is 16.8 Å². The number of aliphatic imine (C=N–C) groups is 2. The normalized spacial score (nSPS) is 25.5. The van der Waals surface area contributed by atoms with Crippen LogP contribution in [0.5, 0.6) is 0 Å². The van der Waals surface area contributed by atoms with Gasteiger partial charge in [0.15, 0.2) is 6.17 Å². The first-order valence-electron chi connectivity index (χ1n) is 13.0. The van der Waals surface area contributed by atoms with Crippen molar-refractivity contribution >= 4 is 17.4 Å². The first-order chi connectivity index (χ1) is 18.3. The molecule has 2 aliphatic heterocycles. The zero-order chi connectivity index (χ0) is 24.6. The van der Waals surface area contributed by atoms with Gasteiger partial charge < -0.3 is 10.2 Å². The van der Waals surface area contributed by atoms with Gasteiger partial charge in [0.1, 0.15) is 11.7 Å². The minimum Gasteiger partial charge on any atom is -0.357 e. The predicted molar refractivity (Wildman–Crippen MR) is 152 cm³/mol. The molecular weight excluding hydrogens is 452 g/mol. The predicted octanol–water partition coefficient (Wildman–Crippen LogP) is 6.49. The van der Waals surface area contributed by atoms with Crippen molar-refractivity contribution in [2.75, 3.05) is 4.90 Å². The molecule has 0 amide bonds. The Hall–Kier alpha value is -4.44. The second-order valence-corrected chi connectivity index (χ2v) is 9.83. The van der Waals surface area contributed by atoms with Crippen LogP contribution in [0.25, 0.3) is 0 Å². The molecular formula is C33H28N4. The average Bonchev–Trinajstić information content (AvgIpc) is 3.32. The average molecular weight is 481 g/mol. The molecule has 0 aromatic heterocycles. The van der Waals surface area contributed by atoms with Gasteiger partial charge in [0.25, 0.3) is 0 Å². The van der Waals surface area contributed by atoms with Crippen molar-refractivity contribution in [3.8, 4) is 0 Å². The van der Waals surface area contributed by atoms with E-state index in [1.54, 1.807) is 0 Å². The van der Waals surface area contributed by atoms with Crippen molar-refractivity contribution in [3.05, 3.63) is 150 Å². The molecule has 4 unspecified atom stereocenters. The second kappa shape index (κ2) is 9.21. The van der Waals surface area contributed by atoms with E-state index in [9.17, 15) is 0 Å². The summed E-state index contributed by atoms with van der Waals surface area (Å²) in [4.78, 5) is 12.7. The number of anilines is 1. The molecule has 1 N–H and O–H groups in total. The van der Waals surface area contributed by atoms with Gasteiger partial charge in [-0.1, -0.05) is 121 Å². The summed E-state index contributed by atoms with van der Waals surface area (Å²) in [6.45, 7) is 0. The Labute approximate surface area is 217 Å². The van der Waals surface area contributed by atoms with Gasteiger partial charge in [-0.05, 0) is 22.8 Å². The Kier molecular flexibility index (Phi) is 5.43. The Morgan fingerprint density at radius 2 is 1.43 bits per heavy atom. The summed E-state index contributed by atoms with van der Waals surface area (Å²) >= 11 is 0. The maximum atomic E-state index is 5.11. The third-order valence-corrected chi connectivity index (χ3v) is 7.61. The van der Waals surface area contributed by atoms with E-state index in [2.05, 4.69) is 126 Å². The van der Waals surface area contributed by atoms with E-state index in [1.807, 2.05) is 12.1 Å². The smallest absolute Gasteiger partial charge is 0.169 e. The molecule has 0 saturated heterocycles. The molecule has 0 saturated carbocycles. The van der Waals surface area contributed by atoms with E-state index in [0.717, 1.165) is 29.2 Å². The number of allylic oxidation sites excluding steroid dienone is 4. The van der Waals surface area contributed by atoms with Gasteiger partial charge in [0, 0.05) is 23.6 Å². The molecule has 3 aromatic carbocycles. The fraction of sp³-hybridized carbons (Fsp3) is 0.152. The van der Waals surface area contributed by atoms with Crippen molar-refractivity contribution < 1.29 is 0 Å². The number of amidine groups is 2. The molecule has 4 nitrogen and oxygen atoms in total. The van der Waals surface area contributed by atoms with Crippen LogP contribution < -0.4 is 10.2 Å². The van der Waals surface area contributed by atoms with Gasteiger partial charge in [0.05, 0.1) is 12.1 Å². The first kappa shape index (κ1) is 21.8. The standard InChI is InChI=1S/C33H28N4/c1-3-12-23(13-4-1)31-34-32(24-14-5-2-6-15-24)36-33(35-31)25-16-11-17-26(22-25)37-29-20-9-7-18-27(29)28-19-8-10-21-30(28)37/h1-21,26-27,29,31H,22H2,(H,34,35,36). The molecule has 4 aliphatic rings. The SMILES string of the molecule is C1=CC2c3ccccc3N(C3C=CC=C(C4=NC(c5ccccc5)N=C(c5ccccc5)N4)C3)C2C=C1. The number of para-hydroxylation sites is 1. The third kappa shape index (κ3) is 3.95. The summed E-state index contributed by atoms with van der Waals surface area (Å²) in [5.41, 5.74) is 6.10. The maximum absolute atomic E-state index is 5.11. The maximum Gasteiger partial charge on any atom is 0.169 e. The quantitative estimate of drug-likeness (QED) is 0.464.